The van der Waals surface area contributed by atoms with Crippen molar-refractivity contribution in [3.05, 3.63) is 59.2 Å². The van der Waals surface area contributed by atoms with Crippen LogP contribution >= 0.6 is 0 Å². The lowest BCUT2D eigenvalue weighted by molar-refractivity contribution is -0.140. The highest BCUT2D eigenvalue weighted by Crippen LogP contribution is 2.42. The van der Waals surface area contributed by atoms with Crippen LogP contribution in [-0.2, 0) is 9.59 Å². The number of likely N-dealkylation sites (tertiary alicyclic amines) is 1. The summed E-state index contributed by atoms with van der Waals surface area (Å²) in [5.41, 5.74) is 1.12. The summed E-state index contributed by atoms with van der Waals surface area (Å²) in [5.74, 6) is 0.0882. The van der Waals surface area contributed by atoms with E-state index in [2.05, 4.69) is 25.7 Å². The molecule has 0 bridgehead atoms. The van der Waals surface area contributed by atoms with Crippen molar-refractivity contribution >= 4 is 17.4 Å². The van der Waals surface area contributed by atoms with E-state index in [4.69, 9.17) is 14.2 Å². The van der Waals surface area contributed by atoms with Gasteiger partial charge in [-0.1, -0.05) is 51.8 Å². The molecule has 2 aromatic rings. The van der Waals surface area contributed by atoms with Crippen LogP contribution in [0.15, 0.2) is 48.0 Å². The van der Waals surface area contributed by atoms with Crippen molar-refractivity contribution in [1.82, 2.24) is 9.80 Å². The minimum absolute atomic E-state index is 0.0507. The van der Waals surface area contributed by atoms with Gasteiger partial charge in [-0.3, -0.25) is 9.59 Å². The molecular formula is C31H42N2O6. The van der Waals surface area contributed by atoms with E-state index in [0.29, 0.717) is 47.9 Å². The lowest BCUT2D eigenvalue weighted by atomic mass is 9.95. The van der Waals surface area contributed by atoms with E-state index in [9.17, 15) is 14.7 Å². The summed E-state index contributed by atoms with van der Waals surface area (Å²) in [7, 11) is 3.10. The van der Waals surface area contributed by atoms with Gasteiger partial charge in [0.2, 0.25) is 0 Å². The number of ketones is 1. The molecule has 0 radical (unpaired) electrons. The Kier molecular flexibility index (Phi) is 11.2. The number of methoxy groups -OCH3 is 2. The highest BCUT2D eigenvalue weighted by molar-refractivity contribution is 6.46. The molecule has 1 aliphatic rings. The van der Waals surface area contributed by atoms with Crippen LogP contribution in [0.3, 0.4) is 0 Å². The number of nitrogens with zero attached hydrogens (tertiary/aromatic N) is 2. The van der Waals surface area contributed by atoms with Gasteiger partial charge in [-0.05, 0) is 62.3 Å². The predicted molar refractivity (Wildman–Crippen MR) is 152 cm³/mol. The van der Waals surface area contributed by atoms with Crippen LogP contribution in [0.1, 0.15) is 63.6 Å². The molecule has 1 unspecified atom stereocenters. The molecule has 1 amide bonds. The van der Waals surface area contributed by atoms with Crippen molar-refractivity contribution in [1.29, 1.82) is 0 Å². The van der Waals surface area contributed by atoms with E-state index in [-0.39, 0.29) is 11.3 Å². The van der Waals surface area contributed by atoms with Crippen molar-refractivity contribution in [2.45, 2.75) is 52.5 Å². The molecule has 0 aliphatic carbocycles. The van der Waals surface area contributed by atoms with Gasteiger partial charge >= 0.3 is 0 Å². The van der Waals surface area contributed by atoms with Crippen molar-refractivity contribution in [2.75, 3.05) is 47.0 Å². The van der Waals surface area contributed by atoms with Crippen molar-refractivity contribution in [2.24, 2.45) is 0 Å². The summed E-state index contributed by atoms with van der Waals surface area (Å²) < 4.78 is 16.9. The Balaban J connectivity index is 2.04. The number of benzene rings is 2. The van der Waals surface area contributed by atoms with Gasteiger partial charge in [-0.15, -0.1) is 0 Å². The number of ether oxygens (including phenoxy) is 3. The Bertz CT molecular complexity index is 1160. The summed E-state index contributed by atoms with van der Waals surface area (Å²) in [6.07, 6.45) is 3.81. The third kappa shape index (κ3) is 7.12. The minimum atomic E-state index is -0.768. The number of carbonyl (C=O) groups is 2. The summed E-state index contributed by atoms with van der Waals surface area (Å²) >= 11 is 0. The molecule has 0 spiro atoms. The molecule has 212 valence electrons. The fraction of sp³-hybridized carbons (Fsp3) is 0.484. The zero-order valence-corrected chi connectivity index (χ0v) is 23.9. The molecule has 1 heterocycles. The van der Waals surface area contributed by atoms with E-state index in [1.165, 1.54) is 7.11 Å². The van der Waals surface area contributed by atoms with Gasteiger partial charge in [-0.2, -0.15) is 0 Å². The van der Waals surface area contributed by atoms with Gasteiger partial charge in [0.1, 0.15) is 11.5 Å². The second kappa shape index (κ2) is 14.6. The lowest BCUT2D eigenvalue weighted by Gasteiger charge is -2.27. The molecule has 0 saturated carbocycles. The molecule has 2 aromatic carbocycles. The second-order valence-electron chi connectivity index (χ2n) is 9.57. The van der Waals surface area contributed by atoms with E-state index < -0.39 is 17.7 Å². The quantitative estimate of drug-likeness (QED) is 0.140. The average Bonchev–Trinajstić information content (AvgIpc) is 3.22. The third-order valence-electron chi connectivity index (χ3n) is 7.16. The third-order valence-corrected chi connectivity index (χ3v) is 7.16. The Labute approximate surface area is 232 Å². The molecule has 0 aromatic heterocycles. The maximum absolute atomic E-state index is 13.4. The molecule has 1 saturated heterocycles. The van der Waals surface area contributed by atoms with Gasteiger partial charge in [0, 0.05) is 12.1 Å². The van der Waals surface area contributed by atoms with E-state index in [1.54, 1.807) is 42.3 Å². The van der Waals surface area contributed by atoms with Crippen molar-refractivity contribution in [3.63, 3.8) is 0 Å². The SMILES string of the molecule is CCCCCOc1ccc(C2/C(=C(\O)c3cccc(OC)c3)C(=O)C(=O)N2CCCN(CC)CC)cc1OC. The van der Waals surface area contributed by atoms with Crippen LogP contribution in [0.25, 0.3) is 5.76 Å². The zero-order valence-electron chi connectivity index (χ0n) is 23.9. The van der Waals surface area contributed by atoms with Crippen LogP contribution in [0.2, 0.25) is 0 Å². The van der Waals surface area contributed by atoms with Gasteiger partial charge < -0.3 is 29.1 Å². The lowest BCUT2D eigenvalue weighted by Crippen LogP contribution is -2.33. The largest absolute Gasteiger partial charge is 0.507 e. The summed E-state index contributed by atoms with van der Waals surface area (Å²) in [6, 6.07) is 11.5. The zero-order chi connectivity index (χ0) is 28.4. The molecule has 39 heavy (non-hydrogen) atoms. The van der Waals surface area contributed by atoms with E-state index in [0.717, 1.165) is 38.9 Å². The van der Waals surface area contributed by atoms with Crippen LogP contribution in [0, 0.1) is 0 Å². The number of Topliss-reactive ketones (excluding diaryl/α,β-unsaturated/α-hetero) is 1. The number of aliphatic hydroxyl groups is 1. The first kappa shape index (κ1) is 30.0. The molecule has 8 nitrogen and oxygen atoms in total. The van der Waals surface area contributed by atoms with Gasteiger partial charge in [-0.25, -0.2) is 0 Å². The topological polar surface area (TPSA) is 88.5 Å². The number of rotatable bonds is 15. The molecule has 8 heteroatoms. The average molecular weight is 539 g/mol. The highest BCUT2D eigenvalue weighted by atomic mass is 16.5. The standard InChI is InChI=1S/C31H42N2O6/c1-6-9-10-19-39-25-16-15-22(21-26(25)38-5)28-27(29(34)23-13-11-14-24(20-23)37-4)30(35)31(36)33(28)18-12-17-32(7-2)8-3/h11,13-16,20-21,28,34H,6-10,12,17-19H2,1-5H3/b29-27+. The van der Waals surface area contributed by atoms with E-state index >= 15 is 0 Å². The Morgan fingerprint density at radius 3 is 2.38 bits per heavy atom. The fourth-order valence-electron chi connectivity index (χ4n) is 4.90. The minimum Gasteiger partial charge on any atom is -0.507 e. The summed E-state index contributed by atoms with van der Waals surface area (Å²) in [4.78, 5) is 30.6. The van der Waals surface area contributed by atoms with Crippen LogP contribution in [-0.4, -0.2) is 73.6 Å². The molecule has 1 atom stereocenters. The number of aliphatic hydroxyl groups excluding tert-OH is 1. The van der Waals surface area contributed by atoms with E-state index in [1.807, 2.05) is 12.1 Å². The monoisotopic (exact) mass is 538 g/mol. The van der Waals surface area contributed by atoms with Crippen molar-refractivity contribution < 1.29 is 28.9 Å². The number of carbonyl (C=O) groups excluding carboxylic acids is 2. The van der Waals surface area contributed by atoms with Gasteiger partial charge in [0.15, 0.2) is 11.5 Å². The number of amides is 1. The molecule has 1 fully saturated rings. The first-order valence-electron chi connectivity index (χ1n) is 13.9. The molecule has 1 aliphatic heterocycles. The second-order valence-corrected chi connectivity index (χ2v) is 9.57. The fourth-order valence-corrected chi connectivity index (χ4v) is 4.90. The smallest absolute Gasteiger partial charge is 0.295 e. The highest BCUT2D eigenvalue weighted by Gasteiger charge is 2.46. The maximum Gasteiger partial charge on any atom is 0.295 e. The van der Waals surface area contributed by atoms with Crippen LogP contribution < -0.4 is 14.2 Å². The van der Waals surface area contributed by atoms with Crippen LogP contribution in [0.4, 0.5) is 0 Å². The Morgan fingerprint density at radius 2 is 1.72 bits per heavy atom. The molecule has 1 N–H and O–H groups in total. The first-order valence-corrected chi connectivity index (χ1v) is 13.9. The van der Waals surface area contributed by atoms with Gasteiger partial charge in [0.25, 0.3) is 11.7 Å². The number of hydrogen-bond acceptors (Lipinski definition) is 7. The Morgan fingerprint density at radius 1 is 0.949 bits per heavy atom. The maximum atomic E-state index is 13.4. The van der Waals surface area contributed by atoms with Crippen LogP contribution in [0.5, 0.6) is 17.2 Å². The molecular weight excluding hydrogens is 496 g/mol. The van der Waals surface area contributed by atoms with Crippen molar-refractivity contribution in [3.8, 4) is 17.2 Å². The first-order chi connectivity index (χ1) is 18.9. The predicted octanol–water partition coefficient (Wildman–Crippen LogP) is 5.43. The summed E-state index contributed by atoms with van der Waals surface area (Å²) in [5, 5.41) is 11.4. The Hall–Kier alpha value is -3.52. The summed E-state index contributed by atoms with van der Waals surface area (Å²) in [6.45, 7) is 9.90. The number of hydrogen-bond donors (Lipinski definition) is 1. The number of unbranched alkanes of at least 4 members (excludes halogenated alkanes) is 2. The van der Waals surface area contributed by atoms with Gasteiger partial charge in [0.05, 0.1) is 32.4 Å². The normalized spacial score (nSPS) is 16.7. The molecule has 3 rings (SSSR count).